The Morgan fingerprint density at radius 3 is 0.429 bits per heavy atom. The standard InChI is InChI=1S/12C7H16/c2*1-6(2)7(3,4)5;2*1-5-6-7(2,3)4;2*1-5-7(3,4)6-2;3*1-5-7(4)6(2)3;2*1-4-6-7(3)5-2;1-4-7(5-2)6-3/h2*6H,1-5H3;4*5-6H2,1-4H3;3*6-7H,5H2,1-4H3;3*7H,4-6H2,1-3H3/t;;;;;;7-;;;;;/m......0...../s1. The highest BCUT2D eigenvalue weighted by Gasteiger charge is 2.15. The summed E-state index contributed by atoms with van der Waals surface area (Å²) in [5, 5.41) is 0. The Morgan fingerprint density at radius 2 is 0.417 bits per heavy atom. The van der Waals surface area contributed by atoms with Crippen LogP contribution in [0.1, 0.15) is 454 Å². The van der Waals surface area contributed by atoms with Gasteiger partial charge in [0.15, 0.2) is 0 Å². The molecule has 0 aliphatic heterocycles. The Labute approximate surface area is 548 Å². The molecule has 0 aliphatic carbocycles. The summed E-state index contributed by atoms with van der Waals surface area (Å²) in [4.78, 5) is 0. The van der Waals surface area contributed by atoms with Crippen LogP contribution in [0.25, 0.3) is 0 Å². The molecular formula is C84H192. The molecule has 0 amide bonds. The van der Waals surface area contributed by atoms with E-state index in [-0.39, 0.29) is 0 Å². The molecule has 84 heavy (non-hydrogen) atoms. The zero-order chi connectivity index (χ0) is 70.5. The summed E-state index contributed by atoms with van der Waals surface area (Å²) < 4.78 is 0. The zero-order valence-corrected chi connectivity index (χ0v) is 70.5. The van der Waals surface area contributed by atoms with Crippen molar-refractivity contribution in [3.05, 3.63) is 0 Å². The van der Waals surface area contributed by atoms with Gasteiger partial charge in [-0.15, -0.1) is 0 Å². The lowest BCUT2D eigenvalue weighted by Gasteiger charge is -2.22. The summed E-state index contributed by atoms with van der Waals surface area (Å²) >= 11 is 0. The minimum absolute atomic E-state index is 0.500. The first-order valence-electron chi connectivity index (χ1n) is 37.8. The summed E-state index contributed by atoms with van der Waals surface area (Å²) in [6.45, 7) is 106. The lowest BCUT2D eigenvalue weighted by molar-refractivity contribution is 0.283. The van der Waals surface area contributed by atoms with E-state index in [1.165, 1.54) is 128 Å². The maximum absolute atomic E-state index is 2.31. The maximum Gasteiger partial charge on any atom is -0.0359 e. The molecule has 0 nitrogen and oxygen atoms in total. The van der Waals surface area contributed by atoms with Crippen LogP contribution in [0.3, 0.4) is 0 Å². The summed E-state index contributed by atoms with van der Waals surface area (Å²) in [6, 6.07) is 0. The first-order valence-corrected chi connectivity index (χ1v) is 37.8. The van der Waals surface area contributed by atoms with Crippen LogP contribution in [0.5, 0.6) is 0 Å². The Morgan fingerprint density at radius 1 is 0.238 bits per heavy atom. The molecule has 0 fully saturated rings. The number of hydrogen-bond acceptors (Lipinski definition) is 0. The van der Waals surface area contributed by atoms with Gasteiger partial charge in [0.1, 0.15) is 0 Å². The van der Waals surface area contributed by atoms with E-state index in [2.05, 4.69) is 325 Å². The van der Waals surface area contributed by atoms with Crippen molar-refractivity contribution in [3.63, 3.8) is 0 Å². The first-order chi connectivity index (χ1) is 37.8. The molecule has 0 N–H and O–H groups in total. The Balaban J connectivity index is -0.0000000673. The molecule has 0 radical (unpaired) electrons. The largest absolute Gasteiger partial charge is 0.0654 e. The van der Waals surface area contributed by atoms with Crippen molar-refractivity contribution in [3.8, 4) is 0 Å². The maximum atomic E-state index is 2.31. The highest BCUT2D eigenvalue weighted by molar-refractivity contribution is 4.66. The predicted octanol–water partition coefficient (Wildman–Crippen LogP) is 33.3. The second kappa shape index (κ2) is 70.5. The summed E-state index contributed by atoms with van der Waals surface area (Å²) in [7, 11) is 0. The Bertz CT molecular complexity index is 967. The third kappa shape index (κ3) is 124. The molecular weight excluding hydrogens is 1010 g/mol. The summed E-state index contributed by atoms with van der Waals surface area (Å²) in [6.07, 6.45) is 26.7. The Kier molecular flexibility index (Phi) is 93.6. The van der Waals surface area contributed by atoms with Gasteiger partial charge >= 0.3 is 0 Å². The van der Waals surface area contributed by atoms with Crippen LogP contribution in [-0.2, 0) is 0 Å². The molecule has 0 aromatic heterocycles. The minimum Gasteiger partial charge on any atom is -0.0654 e. The summed E-state index contributed by atoms with van der Waals surface area (Å²) in [5.41, 5.74) is 3.27. The van der Waals surface area contributed by atoms with Gasteiger partial charge in [-0.2, -0.15) is 0 Å². The van der Waals surface area contributed by atoms with E-state index in [0.29, 0.717) is 32.5 Å². The fourth-order valence-electron chi connectivity index (χ4n) is 5.67. The van der Waals surface area contributed by atoms with Crippen LogP contribution >= 0.6 is 0 Å². The van der Waals surface area contributed by atoms with Crippen LogP contribution in [0.15, 0.2) is 0 Å². The Hall–Kier alpha value is 0. The van der Waals surface area contributed by atoms with E-state index >= 15 is 0 Å². The van der Waals surface area contributed by atoms with Gasteiger partial charge in [0.2, 0.25) is 0 Å². The van der Waals surface area contributed by atoms with Crippen molar-refractivity contribution >= 4 is 0 Å². The highest BCUT2D eigenvalue weighted by Crippen LogP contribution is 2.26. The van der Waals surface area contributed by atoms with Crippen LogP contribution < -0.4 is 0 Å². The quantitative estimate of drug-likeness (QED) is 0.107. The van der Waals surface area contributed by atoms with Gasteiger partial charge in [0, 0.05) is 0 Å². The van der Waals surface area contributed by atoms with Gasteiger partial charge in [-0.05, 0) is 110 Å². The number of rotatable bonds is 21. The average Bonchev–Trinajstić information content (AvgIpc) is 3.39. The highest BCUT2D eigenvalue weighted by atomic mass is 14.2. The van der Waals surface area contributed by atoms with Gasteiger partial charge in [-0.25, -0.2) is 0 Å². The van der Waals surface area contributed by atoms with Gasteiger partial charge in [0.05, 0.1) is 0 Å². The van der Waals surface area contributed by atoms with E-state index in [1.807, 2.05) is 0 Å². The zero-order valence-electron chi connectivity index (χ0n) is 70.5. The SMILES string of the molecule is CC(C)C(C)(C)C.CC(C)C(C)(C)C.CCC(C)(C)CC.CCC(C)(C)CC.CCC(C)C(C)C.CCC(C)C(C)C.CCC(CC)CC.CCCC(C)(C)C.CCCC(C)(C)C.CCCC(C)CC.CCCC(C)CC.CC[C@H](C)C(C)C. The van der Waals surface area contributed by atoms with E-state index in [4.69, 9.17) is 0 Å². The molecule has 0 saturated heterocycles. The third-order valence-corrected chi connectivity index (χ3v) is 19.3. The molecule has 0 bridgehead atoms. The third-order valence-electron chi connectivity index (χ3n) is 19.3. The molecule has 0 rings (SSSR count). The monoisotopic (exact) mass is 1200 g/mol. The molecule has 4 unspecified atom stereocenters. The van der Waals surface area contributed by atoms with Crippen molar-refractivity contribution in [2.75, 3.05) is 0 Å². The minimum atomic E-state index is 0.500. The van der Waals surface area contributed by atoms with Crippen molar-refractivity contribution in [2.24, 2.45) is 97.6 Å². The van der Waals surface area contributed by atoms with E-state index < -0.39 is 0 Å². The van der Waals surface area contributed by atoms with Crippen molar-refractivity contribution in [1.82, 2.24) is 0 Å². The summed E-state index contributed by atoms with van der Waals surface area (Å²) in [5.74, 6) is 9.79. The lowest BCUT2D eigenvalue weighted by atomic mass is 9.84. The topological polar surface area (TPSA) is 0 Å². The van der Waals surface area contributed by atoms with Gasteiger partial charge in [-0.1, -0.05) is 441 Å². The molecule has 0 aromatic carbocycles. The van der Waals surface area contributed by atoms with Gasteiger partial charge in [0.25, 0.3) is 0 Å². The van der Waals surface area contributed by atoms with Crippen LogP contribution in [0.2, 0.25) is 0 Å². The smallest absolute Gasteiger partial charge is 0.0359 e. The molecule has 0 spiro atoms. The van der Waals surface area contributed by atoms with E-state index in [0.717, 1.165) is 65.1 Å². The van der Waals surface area contributed by atoms with E-state index in [9.17, 15) is 0 Å². The van der Waals surface area contributed by atoms with Crippen molar-refractivity contribution in [2.45, 2.75) is 454 Å². The molecule has 0 aromatic rings. The number of hydrogen-bond donors (Lipinski definition) is 0. The average molecular weight is 1200 g/mol. The molecule has 0 heterocycles. The van der Waals surface area contributed by atoms with Crippen LogP contribution in [-0.4, -0.2) is 0 Å². The van der Waals surface area contributed by atoms with Crippen LogP contribution in [0, 0.1) is 97.6 Å². The fourth-order valence-corrected chi connectivity index (χ4v) is 5.67. The second-order valence-corrected chi connectivity index (χ2v) is 34.0. The van der Waals surface area contributed by atoms with Gasteiger partial charge in [-0.3, -0.25) is 0 Å². The molecule has 528 valence electrons. The predicted molar refractivity (Wildman–Crippen MR) is 412 cm³/mol. The van der Waals surface area contributed by atoms with Gasteiger partial charge < -0.3 is 0 Å². The fraction of sp³-hybridized carbons (Fsp3) is 1.00. The first kappa shape index (κ1) is 112. The lowest BCUT2D eigenvalue weighted by Crippen LogP contribution is -2.12. The molecule has 5 atom stereocenters. The van der Waals surface area contributed by atoms with Crippen LogP contribution in [0.4, 0.5) is 0 Å². The van der Waals surface area contributed by atoms with Crippen molar-refractivity contribution in [1.29, 1.82) is 0 Å². The molecule has 0 heteroatoms. The van der Waals surface area contributed by atoms with E-state index in [1.54, 1.807) is 0 Å². The molecule has 0 saturated carbocycles. The molecule has 0 aliphatic rings. The second-order valence-electron chi connectivity index (χ2n) is 34.0. The van der Waals surface area contributed by atoms with Crippen molar-refractivity contribution < 1.29 is 0 Å². The normalized spacial score (nSPS) is 13.1.